The number of imidazole rings is 1. The molecular formula is C17H18Cl2N2. The fourth-order valence-corrected chi connectivity index (χ4v) is 6.18. The highest BCUT2D eigenvalue weighted by molar-refractivity contribution is 6.31. The zero-order valence-electron chi connectivity index (χ0n) is 11.8. The van der Waals surface area contributed by atoms with Crippen molar-refractivity contribution >= 4 is 34.2 Å². The minimum absolute atomic E-state index is 0.0712. The molecule has 3 atom stereocenters. The Balaban J connectivity index is 1.66. The van der Waals surface area contributed by atoms with Crippen LogP contribution in [0.25, 0.3) is 11.0 Å². The molecule has 4 fully saturated rings. The van der Waals surface area contributed by atoms with E-state index < -0.39 is 0 Å². The molecule has 0 amide bonds. The summed E-state index contributed by atoms with van der Waals surface area (Å²) in [5, 5.41) is 0.993. The highest BCUT2D eigenvalue weighted by atomic mass is 35.5. The van der Waals surface area contributed by atoms with Crippen molar-refractivity contribution in [2.45, 2.75) is 42.9 Å². The van der Waals surface area contributed by atoms with Crippen molar-refractivity contribution in [3.63, 3.8) is 0 Å². The first-order chi connectivity index (χ1) is 10.1. The zero-order valence-corrected chi connectivity index (χ0v) is 13.3. The van der Waals surface area contributed by atoms with Crippen LogP contribution in [0.1, 0.15) is 37.9 Å². The molecule has 0 spiro atoms. The fourth-order valence-electron chi connectivity index (χ4n) is 5.52. The van der Waals surface area contributed by atoms with E-state index in [1.165, 1.54) is 32.1 Å². The highest BCUT2D eigenvalue weighted by Gasteiger charge is 2.58. The number of aromatic nitrogens is 2. The van der Waals surface area contributed by atoms with Crippen LogP contribution in [-0.4, -0.2) is 15.3 Å². The van der Waals surface area contributed by atoms with Crippen LogP contribution in [0.4, 0.5) is 0 Å². The summed E-state index contributed by atoms with van der Waals surface area (Å²) in [6.45, 7) is 0. The third kappa shape index (κ3) is 1.69. The summed E-state index contributed by atoms with van der Waals surface area (Å²) in [5.74, 6) is 3.51. The topological polar surface area (TPSA) is 28.7 Å². The average Bonchev–Trinajstić information content (AvgIpc) is 2.87. The van der Waals surface area contributed by atoms with E-state index in [0.717, 1.165) is 33.7 Å². The van der Waals surface area contributed by atoms with E-state index in [4.69, 9.17) is 28.2 Å². The molecule has 6 rings (SSSR count). The van der Waals surface area contributed by atoms with Crippen LogP contribution in [0.3, 0.4) is 0 Å². The Morgan fingerprint density at radius 3 is 2.67 bits per heavy atom. The maximum absolute atomic E-state index is 6.93. The molecule has 2 aromatic rings. The van der Waals surface area contributed by atoms with E-state index in [-0.39, 0.29) is 10.8 Å². The van der Waals surface area contributed by atoms with Gasteiger partial charge in [-0.1, -0.05) is 11.6 Å². The molecule has 0 aliphatic heterocycles. The predicted molar refractivity (Wildman–Crippen MR) is 86.0 cm³/mol. The second-order valence-electron chi connectivity index (χ2n) is 7.41. The van der Waals surface area contributed by atoms with E-state index in [2.05, 4.69) is 4.98 Å². The number of H-pyrrole nitrogens is 1. The Labute approximate surface area is 134 Å². The van der Waals surface area contributed by atoms with Crippen molar-refractivity contribution in [1.82, 2.24) is 9.97 Å². The molecule has 4 bridgehead atoms. The SMILES string of the molecule is Clc1ccc2nc(C34CC5CC(CC(C5)C3Cl)C4)[nH]c2c1. The molecule has 110 valence electrons. The van der Waals surface area contributed by atoms with Gasteiger partial charge in [0.25, 0.3) is 0 Å². The second kappa shape index (κ2) is 4.17. The molecule has 1 aromatic heterocycles. The zero-order chi connectivity index (χ0) is 14.2. The van der Waals surface area contributed by atoms with Crippen molar-refractivity contribution in [3.05, 3.63) is 29.0 Å². The molecule has 1 N–H and O–H groups in total. The summed E-state index contributed by atoms with van der Waals surface area (Å²) in [4.78, 5) is 8.44. The standard InChI is InChI=1S/C17H18Cl2N2/c18-12-1-2-13-14(6-12)21-16(20-13)17-7-9-3-10(8-17)5-11(4-9)15(17)19/h1-2,6,9-11,15H,3-5,7-8H2,(H,20,21). The predicted octanol–water partition coefficient (Wildman–Crippen LogP) is 4.90. The summed E-state index contributed by atoms with van der Waals surface area (Å²) < 4.78 is 0. The fraction of sp³-hybridized carbons (Fsp3) is 0.588. The van der Waals surface area contributed by atoms with E-state index in [1.807, 2.05) is 18.2 Å². The van der Waals surface area contributed by atoms with Gasteiger partial charge in [-0.05, 0) is 68.1 Å². The van der Waals surface area contributed by atoms with Gasteiger partial charge in [0.05, 0.1) is 11.0 Å². The monoisotopic (exact) mass is 320 g/mol. The minimum Gasteiger partial charge on any atom is -0.341 e. The molecule has 4 aliphatic rings. The van der Waals surface area contributed by atoms with Gasteiger partial charge < -0.3 is 4.98 Å². The largest absolute Gasteiger partial charge is 0.341 e. The molecule has 4 saturated carbocycles. The van der Waals surface area contributed by atoms with E-state index in [0.29, 0.717) is 5.92 Å². The summed E-state index contributed by atoms with van der Waals surface area (Å²) in [5.41, 5.74) is 2.12. The third-order valence-corrected chi connectivity index (χ3v) is 7.11. The Bertz CT molecular complexity index is 709. The highest BCUT2D eigenvalue weighted by Crippen LogP contribution is 2.62. The van der Waals surface area contributed by atoms with E-state index >= 15 is 0 Å². The molecule has 0 saturated heterocycles. The molecule has 21 heavy (non-hydrogen) atoms. The van der Waals surface area contributed by atoms with Gasteiger partial charge >= 0.3 is 0 Å². The Morgan fingerprint density at radius 1 is 1.14 bits per heavy atom. The van der Waals surface area contributed by atoms with Gasteiger partial charge in [-0.3, -0.25) is 0 Å². The van der Waals surface area contributed by atoms with E-state index in [9.17, 15) is 0 Å². The lowest BCUT2D eigenvalue weighted by atomic mass is 9.49. The van der Waals surface area contributed by atoms with Gasteiger partial charge in [0.1, 0.15) is 5.82 Å². The quantitative estimate of drug-likeness (QED) is 0.744. The van der Waals surface area contributed by atoms with Crippen LogP contribution in [0.15, 0.2) is 18.2 Å². The van der Waals surface area contributed by atoms with Crippen LogP contribution in [0.5, 0.6) is 0 Å². The number of rotatable bonds is 1. The Morgan fingerprint density at radius 2 is 1.90 bits per heavy atom. The maximum Gasteiger partial charge on any atom is 0.115 e. The van der Waals surface area contributed by atoms with Crippen molar-refractivity contribution in [2.75, 3.05) is 0 Å². The normalized spacial score (nSPS) is 41.0. The lowest BCUT2D eigenvalue weighted by Crippen LogP contribution is -2.56. The Kier molecular flexibility index (Phi) is 2.54. The molecule has 1 heterocycles. The smallest absolute Gasteiger partial charge is 0.115 e. The first kappa shape index (κ1) is 12.8. The molecule has 1 aromatic carbocycles. The van der Waals surface area contributed by atoms with Crippen molar-refractivity contribution in [1.29, 1.82) is 0 Å². The summed E-state index contributed by atoms with van der Waals surface area (Å²) in [6, 6.07) is 5.88. The van der Waals surface area contributed by atoms with E-state index in [1.54, 1.807) is 0 Å². The minimum atomic E-state index is 0.0712. The number of halogens is 2. The number of alkyl halides is 1. The molecule has 4 heteroatoms. The lowest BCUT2D eigenvalue weighted by Gasteiger charge is -2.58. The number of fused-ring (bicyclic) bond motifs is 1. The number of nitrogens with zero attached hydrogens (tertiary/aromatic N) is 1. The number of aromatic amines is 1. The van der Waals surface area contributed by atoms with Crippen LogP contribution in [-0.2, 0) is 5.41 Å². The van der Waals surface area contributed by atoms with Gasteiger partial charge in [0.15, 0.2) is 0 Å². The summed E-state index contributed by atoms with van der Waals surface area (Å²) >= 11 is 13.0. The molecule has 0 radical (unpaired) electrons. The summed E-state index contributed by atoms with van der Waals surface area (Å²) in [7, 11) is 0. The second-order valence-corrected chi connectivity index (χ2v) is 8.32. The number of hydrogen-bond acceptors (Lipinski definition) is 1. The summed E-state index contributed by atoms with van der Waals surface area (Å²) in [6.07, 6.45) is 6.49. The van der Waals surface area contributed by atoms with Gasteiger partial charge in [-0.2, -0.15) is 0 Å². The number of benzene rings is 1. The average molecular weight is 321 g/mol. The van der Waals surface area contributed by atoms with Crippen molar-refractivity contribution in [2.24, 2.45) is 17.8 Å². The van der Waals surface area contributed by atoms with Crippen LogP contribution in [0.2, 0.25) is 5.02 Å². The van der Waals surface area contributed by atoms with Crippen LogP contribution >= 0.6 is 23.2 Å². The Hall–Kier alpha value is -0.730. The molecular weight excluding hydrogens is 303 g/mol. The van der Waals surface area contributed by atoms with Gasteiger partial charge in [0, 0.05) is 15.8 Å². The third-order valence-electron chi connectivity index (χ3n) is 6.10. The van der Waals surface area contributed by atoms with Gasteiger partial charge in [-0.15, -0.1) is 11.6 Å². The first-order valence-electron chi connectivity index (χ1n) is 7.94. The molecule has 2 nitrogen and oxygen atoms in total. The van der Waals surface area contributed by atoms with Crippen LogP contribution < -0.4 is 0 Å². The lowest BCUT2D eigenvalue weighted by molar-refractivity contribution is -0.00415. The van der Waals surface area contributed by atoms with Gasteiger partial charge in [0.2, 0.25) is 0 Å². The van der Waals surface area contributed by atoms with Crippen molar-refractivity contribution < 1.29 is 0 Å². The number of nitrogens with one attached hydrogen (secondary N) is 1. The molecule has 3 unspecified atom stereocenters. The van der Waals surface area contributed by atoms with Crippen LogP contribution in [0, 0.1) is 17.8 Å². The molecule has 4 aliphatic carbocycles. The van der Waals surface area contributed by atoms with Gasteiger partial charge in [-0.25, -0.2) is 4.98 Å². The van der Waals surface area contributed by atoms with Crippen molar-refractivity contribution in [3.8, 4) is 0 Å². The number of hydrogen-bond donors (Lipinski definition) is 1. The first-order valence-corrected chi connectivity index (χ1v) is 8.75. The maximum atomic E-state index is 6.93.